The van der Waals surface area contributed by atoms with E-state index < -0.39 is 0 Å². The molecule has 0 aliphatic heterocycles. The Labute approximate surface area is 103 Å². The van der Waals surface area contributed by atoms with Crippen LogP contribution < -0.4 is 11.1 Å². The number of amides is 1. The Hall–Kier alpha value is -1.35. The summed E-state index contributed by atoms with van der Waals surface area (Å²) in [5.74, 6) is 0.0898. The highest BCUT2D eigenvalue weighted by Crippen LogP contribution is 2.14. The highest BCUT2D eigenvalue weighted by Gasteiger charge is 2.03. The summed E-state index contributed by atoms with van der Waals surface area (Å²) in [5.41, 5.74) is 7.68. The lowest BCUT2D eigenvalue weighted by Crippen LogP contribution is -2.11. The molecule has 0 saturated heterocycles. The van der Waals surface area contributed by atoms with Crippen LogP contribution in [0.5, 0.6) is 0 Å². The average molecular weight is 234 g/mol. The van der Waals surface area contributed by atoms with Gasteiger partial charge in [0.15, 0.2) is 0 Å². The van der Waals surface area contributed by atoms with E-state index in [0.717, 1.165) is 30.5 Å². The van der Waals surface area contributed by atoms with Gasteiger partial charge in [0.05, 0.1) is 0 Å². The van der Waals surface area contributed by atoms with Crippen molar-refractivity contribution < 1.29 is 4.79 Å². The Balaban J connectivity index is 2.43. The van der Waals surface area contributed by atoms with Crippen molar-refractivity contribution in [2.75, 3.05) is 5.32 Å². The lowest BCUT2D eigenvalue weighted by atomic mass is 10.1. The molecule has 0 aliphatic carbocycles. The summed E-state index contributed by atoms with van der Waals surface area (Å²) < 4.78 is 0. The monoisotopic (exact) mass is 234 g/mol. The molecule has 1 rings (SSSR count). The summed E-state index contributed by atoms with van der Waals surface area (Å²) in [6.07, 6.45) is 3.80. The number of rotatable bonds is 6. The average Bonchev–Trinajstić information content (AvgIpc) is 2.30. The van der Waals surface area contributed by atoms with E-state index in [1.165, 1.54) is 0 Å². The molecule has 1 atom stereocenters. The quantitative estimate of drug-likeness (QED) is 0.742. The van der Waals surface area contributed by atoms with Crippen LogP contribution in [0.15, 0.2) is 24.3 Å². The molecule has 0 aliphatic rings. The third-order valence-electron chi connectivity index (χ3n) is 2.73. The van der Waals surface area contributed by atoms with Gasteiger partial charge in [-0.15, -0.1) is 0 Å². The number of nitrogens with one attached hydrogen (secondary N) is 1. The van der Waals surface area contributed by atoms with Crippen molar-refractivity contribution in [2.45, 2.75) is 45.6 Å². The molecule has 94 valence electrons. The Morgan fingerprint density at radius 1 is 1.29 bits per heavy atom. The number of nitrogens with two attached hydrogens (primary N) is 1. The Bertz CT molecular complexity index is 344. The molecule has 0 spiro atoms. The first-order valence-electron chi connectivity index (χ1n) is 6.29. The van der Waals surface area contributed by atoms with E-state index >= 15 is 0 Å². The van der Waals surface area contributed by atoms with Crippen molar-refractivity contribution in [3.8, 4) is 0 Å². The fraction of sp³-hybridized carbons (Fsp3) is 0.500. The normalized spacial score (nSPS) is 12.2. The smallest absolute Gasteiger partial charge is 0.224 e. The van der Waals surface area contributed by atoms with Crippen LogP contribution in [0.1, 0.15) is 51.1 Å². The van der Waals surface area contributed by atoms with Gasteiger partial charge in [-0.2, -0.15) is 0 Å². The van der Waals surface area contributed by atoms with Gasteiger partial charge in [-0.3, -0.25) is 4.79 Å². The summed E-state index contributed by atoms with van der Waals surface area (Å²) in [6.45, 7) is 4.07. The maximum atomic E-state index is 11.6. The second-order valence-electron chi connectivity index (χ2n) is 4.42. The fourth-order valence-corrected chi connectivity index (χ4v) is 1.63. The predicted octanol–water partition coefficient (Wildman–Crippen LogP) is 3.23. The molecular formula is C14H22N2O. The van der Waals surface area contributed by atoms with Crippen molar-refractivity contribution in [3.05, 3.63) is 29.8 Å². The van der Waals surface area contributed by atoms with Gasteiger partial charge in [0.25, 0.3) is 0 Å². The first-order valence-corrected chi connectivity index (χ1v) is 6.29. The van der Waals surface area contributed by atoms with Gasteiger partial charge in [-0.25, -0.2) is 0 Å². The molecule has 0 saturated carbocycles. The summed E-state index contributed by atoms with van der Waals surface area (Å²) in [4.78, 5) is 11.6. The molecule has 3 N–H and O–H groups in total. The number of hydrogen-bond donors (Lipinski definition) is 2. The SMILES string of the molecule is CCCCCC(=O)Nc1ccc([C@H](C)N)cc1. The first kappa shape index (κ1) is 13.7. The highest BCUT2D eigenvalue weighted by atomic mass is 16.1. The van der Waals surface area contributed by atoms with E-state index in [0.29, 0.717) is 6.42 Å². The topological polar surface area (TPSA) is 55.1 Å². The molecule has 17 heavy (non-hydrogen) atoms. The summed E-state index contributed by atoms with van der Waals surface area (Å²) in [6, 6.07) is 7.73. The minimum Gasteiger partial charge on any atom is -0.326 e. The van der Waals surface area contributed by atoms with E-state index in [1.54, 1.807) is 0 Å². The number of carbonyl (C=O) groups excluding carboxylic acids is 1. The first-order chi connectivity index (χ1) is 8.13. The van der Waals surface area contributed by atoms with Gasteiger partial charge in [-0.05, 0) is 31.0 Å². The van der Waals surface area contributed by atoms with Gasteiger partial charge in [0.2, 0.25) is 5.91 Å². The third kappa shape index (κ3) is 5.00. The van der Waals surface area contributed by atoms with Crippen molar-refractivity contribution in [2.24, 2.45) is 5.73 Å². The summed E-state index contributed by atoms with van der Waals surface area (Å²) in [7, 11) is 0. The number of anilines is 1. The molecule has 0 heterocycles. The molecule has 3 nitrogen and oxygen atoms in total. The Morgan fingerprint density at radius 3 is 2.47 bits per heavy atom. The highest BCUT2D eigenvalue weighted by molar-refractivity contribution is 5.90. The lowest BCUT2D eigenvalue weighted by molar-refractivity contribution is -0.116. The van der Waals surface area contributed by atoms with Gasteiger partial charge in [0, 0.05) is 18.2 Å². The summed E-state index contributed by atoms with van der Waals surface area (Å²) >= 11 is 0. The minimum absolute atomic E-state index is 0.0318. The second-order valence-corrected chi connectivity index (χ2v) is 4.42. The number of carbonyl (C=O) groups is 1. The van der Waals surface area contributed by atoms with Gasteiger partial charge < -0.3 is 11.1 Å². The van der Waals surface area contributed by atoms with Crippen LogP contribution in [0.4, 0.5) is 5.69 Å². The zero-order valence-corrected chi connectivity index (χ0v) is 10.7. The molecule has 1 aromatic carbocycles. The molecule has 1 amide bonds. The lowest BCUT2D eigenvalue weighted by Gasteiger charge is -2.08. The van der Waals surface area contributed by atoms with Crippen LogP contribution in [-0.2, 0) is 4.79 Å². The molecule has 3 heteroatoms. The predicted molar refractivity (Wildman–Crippen MR) is 71.8 cm³/mol. The number of benzene rings is 1. The zero-order chi connectivity index (χ0) is 12.7. The van der Waals surface area contributed by atoms with E-state index in [2.05, 4.69) is 12.2 Å². The van der Waals surface area contributed by atoms with E-state index in [4.69, 9.17) is 5.73 Å². The standard InChI is InChI=1S/C14H22N2O/c1-3-4-5-6-14(17)16-13-9-7-12(8-10-13)11(2)15/h7-11H,3-6,15H2,1-2H3,(H,16,17)/t11-/m0/s1. The second kappa shape index (κ2) is 7.07. The van der Waals surface area contributed by atoms with Crippen molar-refractivity contribution in [3.63, 3.8) is 0 Å². The van der Waals surface area contributed by atoms with E-state index in [9.17, 15) is 4.79 Å². The van der Waals surface area contributed by atoms with Gasteiger partial charge in [0.1, 0.15) is 0 Å². The van der Waals surface area contributed by atoms with Crippen LogP contribution in [0.25, 0.3) is 0 Å². The van der Waals surface area contributed by atoms with Crippen LogP contribution in [0.3, 0.4) is 0 Å². The Morgan fingerprint density at radius 2 is 1.94 bits per heavy atom. The van der Waals surface area contributed by atoms with E-state index in [-0.39, 0.29) is 11.9 Å². The largest absolute Gasteiger partial charge is 0.326 e. The molecule has 0 bridgehead atoms. The van der Waals surface area contributed by atoms with Gasteiger partial charge >= 0.3 is 0 Å². The maximum Gasteiger partial charge on any atom is 0.224 e. The summed E-state index contributed by atoms with van der Waals surface area (Å²) in [5, 5.41) is 2.89. The van der Waals surface area contributed by atoms with Gasteiger partial charge in [-0.1, -0.05) is 31.9 Å². The maximum absolute atomic E-state index is 11.6. The molecule has 0 aromatic heterocycles. The molecule has 0 fully saturated rings. The number of unbranched alkanes of at least 4 members (excludes halogenated alkanes) is 2. The van der Waals surface area contributed by atoms with Crippen molar-refractivity contribution in [1.29, 1.82) is 0 Å². The third-order valence-corrected chi connectivity index (χ3v) is 2.73. The Kier molecular flexibility index (Phi) is 5.70. The zero-order valence-electron chi connectivity index (χ0n) is 10.7. The molecule has 1 aromatic rings. The fourth-order valence-electron chi connectivity index (χ4n) is 1.63. The van der Waals surface area contributed by atoms with E-state index in [1.807, 2.05) is 31.2 Å². The number of hydrogen-bond acceptors (Lipinski definition) is 2. The molecule has 0 radical (unpaired) electrons. The van der Waals surface area contributed by atoms with Crippen molar-refractivity contribution >= 4 is 11.6 Å². The van der Waals surface area contributed by atoms with Crippen LogP contribution in [0, 0.1) is 0 Å². The van der Waals surface area contributed by atoms with Crippen LogP contribution in [-0.4, -0.2) is 5.91 Å². The molecule has 0 unspecified atom stereocenters. The van der Waals surface area contributed by atoms with Crippen LogP contribution in [0.2, 0.25) is 0 Å². The van der Waals surface area contributed by atoms with Crippen molar-refractivity contribution in [1.82, 2.24) is 0 Å². The minimum atomic E-state index is 0.0318. The van der Waals surface area contributed by atoms with Crippen LogP contribution >= 0.6 is 0 Å². The molecular weight excluding hydrogens is 212 g/mol.